The number of nitrogens with zero attached hydrogens (tertiary/aromatic N) is 2. The summed E-state index contributed by atoms with van der Waals surface area (Å²) < 4.78 is 13.3. The molecule has 4 nitrogen and oxygen atoms in total. The molecule has 0 saturated carbocycles. The number of aromatic nitrogens is 2. The molecule has 1 aromatic carbocycles. The Hall–Kier alpha value is -2.78. The lowest BCUT2D eigenvalue weighted by molar-refractivity contribution is 0.627. The van der Waals surface area contributed by atoms with Crippen molar-refractivity contribution in [3.05, 3.63) is 62.3 Å². The SMILES string of the molecule is Cc1sc2nc(/C(C#N)=C/c3cccc(F)c3)[nH]c(=O)c2c1C. The molecule has 0 aliphatic carbocycles. The maximum Gasteiger partial charge on any atom is 0.260 e. The molecule has 0 unspecified atom stereocenters. The molecule has 0 bridgehead atoms. The Bertz CT molecular complexity index is 1040. The van der Waals surface area contributed by atoms with Crippen molar-refractivity contribution in [1.82, 2.24) is 9.97 Å². The summed E-state index contributed by atoms with van der Waals surface area (Å²) in [5.74, 6) is -0.201. The molecular weight excluding hydrogens is 313 g/mol. The summed E-state index contributed by atoms with van der Waals surface area (Å²) in [7, 11) is 0. The highest BCUT2D eigenvalue weighted by molar-refractivity contribution is 7.18. The van der Waals surface area contributed by atoms with E-state index >= 15 is 0 Å². The number of aromatic amines is 1. The van der Waals surface area contributed by atoms with E-state index in [1.807, 2.05) is 19.9 Å². The molecule has 0 atom stereocenters. The van der Waals surface area contributed by atoms with Crippen LogP contribution in [-0.2, 0) is 0 Å². The highest BCUT2D eigenvalue weighted by atomic mass is 32.1. The van der Waals surface area contributed by atoms with Gasteiger partial charge in [0.25, 0.3) is 5.56 Å². The second-order valence-electron chi connectivity index (χ2n) is 5.10. The third-order valence-corrected chi connectivity index (χ3v) is 4.68. The highest BCUT2D eigenvalue weighted by Crippen LogP contribution is 2.26. The van der Waals surface area contributed by atoms with Gasteiger partial charge in [0, 0.05) is 4.88 Å². The van der Waals surface area contributed by atoms with Gasteiger partial charge in [-0.2, -0.15) is 5.26 Å². The normalized spacial score (nSPS) is 11.7. The first kappa shape index (κ1) is 15.1. The zero-order chi connectivity index (χ0) is 16.6. The minimum Gasteiger partial charge on any atom is -0.305 e. The minimum absolute atomic E-state index is 0.179. The lowest BCUT2D eigenvalue weighted by Gasteiger charge is -2.00. The molecule has 3 aromatic rings. The van der Waals surface area contributed by atoms with E-state index in [-0.39, 0.29) is 17.0 Å². The van der Waals surface area contributed by atoms with E-state index in [2.05, 4.69) is 9.97 Å². The summed E-state index contributed by atoms with van der Waals surface area (Å²) in [6.45, 7) is 3.80. The standard InChI is InChI=1S/C17H12FN3OS/c1-9-10(2)23-17-14(9)16(22)20-15(21-17)12(8-19)6-11-4-3-5-13(18)7-11/h3-7H,1-2H3,(H,20,21,22)/b12-6+. The second kappa shape index (κ2) is 5.78. The number of allylic oxidation sites excluding steroid dienone is 1. The maximum atomic E-state index is 13.3. The maximum absolute atomic E-state index is 13.3. The van der Waals surface area contributed by atoms with Crippen molar-refractivity contribution in [2.75, 3.05) is 0 Å². The minimum atomic E-state index is -0.391. The molecule has 0 fully saturated rings. The molecule has 1 N–H and O–H groups in total. The van der Waals surface area contributed by atoms with E-state index in [1.165, 1.54) is 29.5 Å². The van der Waals surface area contributed by atoms with Crippen LogP contribution in [0.1, 0.15) is 21.8 Å². The number of benzene rings is 1. The molecule has 0 saturated heterocycles. The van der Waals surface area contributed by atoms with Crippen LogP contribution in [0.4, 0.5) is 4.39 Å². The molecule has 0 radical (unpaired) electrons. The van der Waals surface area contributed by atoms with Gasteiger partial charge >= 0.3 is 0 Å². The molecule has 3 rings (SSSR count). The lowest BCUT2D eigenvalue weighted by atomic mass is 10.1. The van der Waals surface area contributed by atoms with Crippen molar-refractivity contribution in [1.29, 1.82) is 5.26 Å². The number of hydrogen-bond donors (Lipinski definition) is 1. The van der Waals surface area contributed by atoms with Gasteiger partial charge in [0.05, 0.1) is 11.0 Å². The van der Waals surface area contributed by atoms with Gasteiger partial charge in [-0.05, 0) is 43.2 Å². The van der Waals surface area contributed by atoms with Crippen LogP contribution in [0, 0.1) is 31.0 Å². The molecule has 2 aromatic heterocycles. The Morgan fingerprint density at radius 3 is 2.91 bits per heavy atom. The number of rotatable bonds is 2. The summed E-state index contributed by atoms with van der Waals surface area (Å²) in [5, 5.41) is 9.92. The van der Waals surface area contributed by atoms with Crippen molar-refractivity contribution >= 4 is 33.2 Å². The zero-order valence-corrected chi connectivity index (χ0v) is 13.3. The van der Waals surface area contributed by atoms with Gasteiger partial charge in [-0.15, -0.1) is 11.3 Å². The number of fused-ring (bicyclic) bond motifs is 1. The smallest absolute Gasteiger partial charge is 0.260 e. The number of aryl methyl sites for hydroxylation is 2. The quantitative estimate of drug-likeness (QED) is 0.729. The van der Waals surface area contributed by atoms with E-state index < -0.39 is 5.82 Å². The third kappa shape index (κ3) is 2.79. The van der Waals surface area contributed by atoms with Gasteiger partial charge in [0.15, 0.2) is 5.82 Å². The molecule has 0 aliphatic heterocycles. The fourth-order valence-corrected chi connectivity index (χ4v) is 3.33. The van der Waals surface area contributed by atoms with Crippen LogP contribution in [0.2, 0.25) is 0 Å². The predicted molar refractivity (Wildman–Crippen MR) is 89.6 cm³/mol. The lowest BCUT2D eigenvalue weighted by Crippen LogP contribution is -2.10. The molecule has 23 heavy (non-hydrogen) atoms. The average Bonchev–Trinajstić information content (AvgIpc) is 2.80. The van der Waals surface area contributed by atoms with Crippen LogP contribution in [0.5, 0.6) is 0 Å². The third-order valence-electron chi connectivity index (χ3n) is 3.57. The summed E-state index contributed by atoms with van der Waals surface area (Å²) in [5.41, 5.74) is 1.34. The first-order valence-corrected chi connectivity index (χ1v) is 7.69. The Balaban J connectivity index is 2.18. The highest BCUT2D eigenvalue weighted by Gasteiger charge is 2.13. The van der Waals surface area contributed by atoms with E-state index in [0.717, 1.165) is 10.4 Å². The molecule has 6 heteroatoms. The van der Waals surface area contributed by atoms with Gasteiger partial charge in [0.2, 0.25) is 0 Å². The van der Waals surface area contributed by atoms with Crippen molar-refractivity contribution in [3.8, 4) is 6.07 Å². The van der Waals surface area contributed by atoms with Crippen LogP contribution >= 0.6 is 11.3 Å². The van der Waals surface area contributed by atoms with Crippen LogP contribution in [-0.4, -0.2) is 9.97 Å². The van der Waals surface area contributed by atoms with E-state index in [0.29, 0.717) is 15.8 Å². The predicted octanol–water partition coefficient (Wildman–Crippen LogP) is 3.80. The Kier molecular flexibility index (Phi) is 3.80. The van der Waals surface area contributed by atoms with E-state index in [1.54, 1.807) is 12.1 Å². The molecule has 0 aliphatic rings. The molecule has 0 spiro atoms. The zero-order valence-electron chi connectivity index (χ0n) is 12.5. The van der Waals surface area contributed by atoms with Crippen molar-refractivity contribution in [2.45, 2.75) is 13.8 Å². The van der Waals surface area contributed by atoms with Crippen LogP contribution in [0.3, 0.4) is 0 Å². The number of nitriles is 1. The Labute approximate surface area is 135 Å². The Morgan fingerprint density at radius 2 is 2.22 bits per heavy atom. The molecule has 114 valence electrons. The van der Waals surface area contributed by atoms with Crippen molar-refractivity contribution in [2.24, 2.45) is 0 Å². The van der Waals surface area contributed by atoms with Gasteiger partial charge in [0.1, 0.15) is 16.7 Å². The monoisotopic (exact) mass is 325 g/mol. The number of thiophene rings is 1. The Morgan fingerprint density at radius 1 is 1.43 bits per heavy atom. The summed E-state index contributed by atoms with van der Waals surface area (Å²) >= 11 is 1.42. The fourth-order valence-electron chi connectivity index (χ4n) is 2.30. The van der Waals surface area contributed by atoms with Gasteiger partial charge in [-0.25, -0.2) is 9.37 Å². The summed E-state index contributed by atoms with van der Waals surface area (Å²) in [4.78, 5) is 20.9. The van der Waals surface area contributed by atoms with Crippen LogP contribution in [0.15, 0.2) is 29.1 Å². The first-order valence-electron chi connectivity index (χ1n) is 6.87. The molecular formula is C17H12FN3OS. The fraction of sp³-hybridized carbons (Fsp3) is 0.118. The van der Waals surface area contributed by atoms with Crippen molar-refractivity contribution < 1.29 is 4.39 Å². The van der Waals surface area contributed by atoms with E-state index in [9.17, 15) is 14.4 Å². The summed E-state index contributed by atoms with van der Waals surface area (Å²) in [6.07, 6.45) is 1.50. The molecule has 0 amide bonds. The van der Waals surface area contributed by atoms with Crippen LogP contribution in [0.25, 0.3) is 21.9 Å². The summed E-state index contributed by atoms with van der Waals surface area (Å²) in [6, 6.07) is 7.88. The number of H-pyrrole nitrogens is 1. The number of halogens is 1. The van der Waals surface area contributed by atoms with Gasteiger partial charge in [-0.1, -0.05) is 12.1 Å². The first-order chi connectivity index (χ1) is 11.0. The van der Waals surface area contributed by atoms with Crippen molar-refractivity contribution in [3.63, 3.8) is 0 Å². The van der Waals surface area contributed by atoms with Gasteiger partial charge in [-0.3, -0.25) is 4.79 Å². The van der Waals surface area contributed by atoms with Crippen LogP contribution < -0.4 is 5.56 Å². The average molecular weight is 325 g/mol. The van der Waals surface area contributed by atoms with E-state index in [4.69, 9.17) is 0 Å². The largest absolute Gasteiger partial charge is 0.305 e. The topological polar surface area (TPSA) is 69.5 Å². The van der Waals surface area contributed by atoms with Gasteiger partial charge < -0.3 is 4.98 Å². The second-order valence-corrected chi connectivity index (χ2v) is 6.31. The number of nitrogens with one attached hydrogen (secondary N) is 1. The number of hydrogen-bond acceptors (Lipinski definition) is 4. The molecule has 2 heterocycles.